The molecule has 4 aromatic carbocycles. The highest BCUT2D eigenvalue weighted by Crippen LogP contribution is 2.34. The predicted octanol–water partition coefficient (Wildman–Crippen LogP) is 7.31. The standard InChI is InChI=1S/C24H14Cl2N2O5S/c25-23-11-5-17(27(29)30)13-21(23)15-1-7-19(8-2-15)34(33)20-9-3-16(4-10-20)22-14-18(28(31)32)6-12-24(22)26/h1-14H. The molecule has 0 aromatic heterocycles. The van der Waals surface area contributed by atoms with Crippen LogP contribution in [0.1, 0.15) is 0 Å². The molecule has 4 aromatic rings. The predicted molar refractivity (Wildman–Crippen MR) is 132 cm³/mol. The van der Waals surface area contributed by atoms with Crippen molar-refractivity contribution in [2.24, 2.45) is 0 Å². The molecule has 10 heteroatoms. The van der Waals surface area contributed by atoms with Gasteiger partial charge in [-0.3, -0.25) is 20.2 Å². The van der Waals surface area contributed by atoms with Crippen molar-refractivity contribution in [2.75, 3.05) is 0 Å². The van der Waals surface area contributed by atoms with Gasteiger partial charge in [-0.05, 0) is 47.5 Å². The molecular formula is C24H14Cl2N2O5S. The van der Waals surface area contributed by atoms with Gasteiger partial charge in [0, 0.05) is 55.2 Å². The zero-order chi connectivity index (χ0) is 24.4. The fourth-order valence-electron chi connectivity index (χ4n) is 3.35. The van der Waals surface area contributed by atoms with E-state index >= 15 is 0 Å². The lowest BCUT2D eigenvalue weighted by Gasteiger charge is -2.08. The van der Waals surface area contributed by atoms with Gasteiger partial charge in [-0.1, -0.05) is 47.5 Å². The molecule has 0 spiro atoms. The lowest BCUT2D eigenvalue weighted by molar-refractivity contribution is -0.385. The minimum absolute atomic E-state index is 0.0732. The van der Waals surface area contributed by atoms with E-state index in [4.69, 9.17) is 23.2 Å². The Morgan fingerprint density at radius 1 is 0.588 bits per heavy atom. The van der Waals surface area contributed by atoms with E-state index in [1.807, 2.05) is 0 Å². The molecule has 0 saturated heterocycles. The van der Waals surface area contributed by atoms with Gasteiger partial charge in [-0.2, -0.15) is 0 Å². The molecule has 0 aliphatic heterocycles. The van der Waals surface area contributed by atoms with Crippen LogP contribution in [0.5, 0.6) is 0 Å². The maximum absolute atomic E-state index is 13.0. The van der Waals surface area contributed by atoms with E-state index in [0.717, 1.165) is 0 Å². The highest BCUT2D eigenvalue weighted by molar-refractivity contribution is 7.85. The van der Waals surface area contributed by atoms with E-state index in [1.54, 1.807) is 48.5 Å². The smallest absolute Gasteiger partial charge is 0.258 e. The van der Waals surface area contributed by atoms with Crippen LogP contribution < -0.4 is 0 Å². The van der Waals surface area contributed by atoms with Gasteiger partial charge in [-0.15, -0.1) is 0 Å². The molecule has 0 aliphatic rings. The highest BCUT2D eigenvalue weighted by Gasteiger charge is 2.14. The van der Waals surface area contributed by atoms with Gasteiger partial charge >= 0.3 is 0 Å². The van der Waals surface area contributed by atoms with Crippen LogP contribution in [0.25, 0.3) is 22.3 Å². The third kappa shape index (κ3) is 4.84. The number of halogens is 2. The summed E-state index contributed by atoms with van der Waals surface area (Å²) in [6, 6.07) is 21.9. The molecule has 0 atom stereocenters. The summed E-state index contributed by atoms with van der Waals surface area (Å²) in [4.78, 5) is 22.2. The first-order valence-corrected chi connectivity index (χ1v) is 11.7. The number of benzene rings is 4. The van der Waals surface area contributed by atoms with Crippen molar-refractivity contribution < 1.29 is 14.1 Å². The Labute approximate surface area is 206 Å². The van der Waals surface area contributed by atoms with Crippen LogP contribution in [0, 0.1) is 20.2 Å². The number of nitro groups is 2. The fraction of sp³-hybridized carbons (Fsp3) is 0. The molecular weight excluding hydrogens is 499 g/mol. The monoisotopic (exact) mass is 512 g/mol. The molecule has 0 unspecified atom stereocenters. The summed E-state index contributed by atoms with van der Waals surface area (Å²) in [6.07, 6.45) is 0. The zero-order valence-electron chi connectivity index (χ0n) is 17.2. The molecule has 0 heterocycles. The summed E-state index contributed by atoms with van der Waals surface area (Å²) >= 11 is 12.4. The van der Waals surface area contributed by atoms with Gasteiger partial charge in [0.2, 0.25) is 0 Å². The van der Waals surface area contributed by atoms with Crippen LogP contribution >= 0.6 is 23.2 Å². The van der Waals surface area contributed by atoms with Crippen LogP contribution in [0.15, 0.2) is 94.7 Å². The summed E-state index contributed by atoms with van der Waals surface area (Å²) < 4.78 is 13.0. The number of hydrogen-bond donors (Lipinski definition) is 0. The molecule has 0 amide bonds. The maximum Gasteiger partial charge on any atom is 0.270 e. The van der Waals surface area contributed by atoms with Gasteiger partial charge in [-0.25, -0.2) is 4.21 Å². The van der Waals surface area contributed by atoms with Gasteiger partial charge in [0.1, 0.15) is 0 Å². The van der Waals surface area contributed by atoms with Crippen LogP contribution in [0.3, 0.4) is 0 Å². The van der Waals surface area contributed by atoms with Crippen molar-refractivity contribution in [3.05, 3.63) is 115 Å². The summed E-state index contributed by atoms with van der Waals surface area (Å²) in [6.45, 7) is 0. The lowest BCUT2D eigenvalue weighted by atomic mass is 10.1. The zero-order valence-corrected chi connectivity index (χ0v) is 19.5. The van der Waals surface area contributed by atoms with Crippen LogP contribution in [-0.4, -0.2) is 14.1 Å². The van der Waals surface area contributed by atoms with Gasteiger partial charge in [0.25, 0.3) is 11.4 Å². The van der Waals surface area contributed by atoms with E-state index in [2.05, 4.69) is 0 Å². The number of rotatable bonds is 6. The average Bonchev–Trinajstić information content (AvgIpc) is 2.84. The van der Waals surface area contributed by atoms with Crippen LogP contribution in [0.2, 0.25) is 10.0 Å². The molecule has 7 nitrogen and oxygen atoms in total. The fourth-order valence-corrected chi connectivity index (χ4v) is 4.84. The molecule has 4 rings (SSSR count). The summed E-state index contributed by atoms with van der Waals surface area (Å²) in [5.74, 6) is 0. The Kier molecular flexibility index (Phi) is 6.74. The van der Waals surface area contributed by atoms with E-state index in [9.17, 15) is 24.4 Å². The molecule has 0 fully saturated rings. The SMILES string of the molecule is O=[N+]([O-])c1ccc(Cl)c(-c2ccc(S(=O)c3ccc(-c4cc([N+](=O)[O-])ccc4Cl)cc3)cc2)c1. The first kappa shape index (κ1) is 23.6. The molecule has 0 N–H and O–H groups in total. The van der Waals surface area contributed by atoms with Crippen molar-refractivity contribution in [1.82, 2.24) is 0 Å². The van der Waals surface area contributed by atoms with Crippen LogP contribution in [-0.2, 0) is 10.8 Å². The molecule has 0 radical (unpaired) electrons. The van der Waals surface area contributed by atoms with Crippen LogP contribution in [0.4, 0.5) is 11.4 Å². The normalized spacial score (nSPS) is 10.9. The summed E-state index contributed by atoms with van der Waals surface area (Å²) in [5.41, 5.74) is 2.18. The second-order valence-corrected chi connectivity index (χ2v) is 9.45. The summed E-state index contributed by atoms with van der Waals surface area (Å²) in [5, 5.41) is 22.9. The number of non-ortho nitro benzene ring substituents is 2. The van der Waals surface area contributed by atoms with E-state index < -0.39 is 20.6 Å². The second-order valence-electron chi connectivity index (χ2n) is 7.16. The Hall–Kier alpha value is -3.59. The van der Waals surface area contributed by atoms with Crippen molar-refractivity contribution in [2.45, 2.75) is 9.79 Å². The average molecular weight is 513 g/mol. The second kappa shape index (κ2) is 9.72. The number of nitrogens with zero attached hydrogens (tertiary/aromatic N) is 2. The minimum Gasteiger partial charge on any atom is -0.258 e. The lowest BCUT2D eigenvalue weighted by Crippen LogP contribution is -1.94. The van der Waals surface area contributed by atoms with Gasteiger partial charge in [0.05, 0.1) is 20.6 Å². The first-order chi connectivity index (χ1) is 16.2. The van der Waals surface area contributed by atoms with Crippen molar-refractivity contribution >= 4 is 45.4 Å². The van der Waals surface area contributed by atoms with E-state index in [-0.39, 0.29) is 11.4 Å². The van der Waals surface area contributed by atoms with Crippen molar-refractivity contribution in [3.63, 3.8) is 0 Å². The Bertz CT molecular complexity index is 1330. The highest BCUT2D eigenvalue weighted by atomic mass is 35.5. The topological polar surface area (TPSA) is 103 Å². The third-order valence-electron chi connectivity index (χ3n) is 5.08. The Morgan fingerprint density at radius 3 is 1.26 bits per heavy atom. The molecule has 0 saturated carbocycles. The maximum atomic E-state index is 13.0. The van der Waals surface area contributed by atoms with Crippen molar-refractivity contribution in [1.29, 1.82) is 0 Å². The molecule has 0 bridgehead atoms. The van der Waals surface area contributed by atoms with E-state index in [1.165, 1.54) is 36.4 Å². The molecule has 0 aliphatic carbocycles. The van der Waals surface area contributed by atoms with Gasteiger partial charge < -0.3 is 0 Å². The molecule has 170 valence electrons. The third-order valence-corrected chi connectivity index (χ3v) is 7.14. The first-order valence-electron chi connectivity index (χ1n) is 9.75. The Morgan fingerprint density at radius 2 is 0.941 bits per heavy atom. The number of nitro benzene ring substituents is 2. The quantitative estimate of drug-likeness (QED) is 0.199. The number of hydrogen-bond acceptors (Lipinski definition) is 5. The summed E-state index contributed by atoms with van der Waals surface area (Å²) in [7, 11) is -1.49. The van der Waals surface area contributed by atoms with E-state index in [0.29, 0.717) is 42.1 Å². The largest absolute Gasteiger partial charge is 0.270 e. The van der Waals surface area contributed by atoms with Gasteiger partial charge in [0.15, 0.2) is 0 Å². The minimum atomic E-state index is -1.49. The van der Waals surface area contributed by atoms with Crippen molar-refractivity contribution in [3.8, 4) is 22.3 Å². The molecule has 34 heavy (non-hydrogen) atoms. The Balaban J connectivity index is 1.59.